The minimum atomic E-state index is -1.46. The van der Waals surface area contributed by atoms with Crippen molar-refractivity contribution in [3.05, 3.63) is 75.8 Å². The second-order valence-corrected chi connectivity index (χ2v) is 4.77. The molecular formula is C16H15NO5. The first-order chi connectivity index (χ1) is 10.6. The Morgan fingerprint density at radius 2 is 1.73 bits per heavy atom. The lowest BCUT2D eigenvalue weighted by Gasteiger charge is -2.10. The molecule has 0 aliphatic heterocycles. The molecule has 0 saturated carbocycles. The van der Waals surface area contributed by atoms with Crippen molar-refractivity contribution in [2.24, 2.45) is 0 Å². The Hall–Kier alpha value is -2.89. The summed E-state index contributed by atoms with van der Waals surface area (Å²) in [6, 6.07) is 13.4. The summed E-state index contributed by atoms with van der Waals surface area (Å²) < 4.78 is 5.02. The Morgan fingerprint density at radius 1 is 1.09 bits per heavy atom. The SMILES string of the molecule is O=C(OCc1ccccc1)C(Cc1ccc(O)cc1)[N+](=O)[O-]. The van der Waals surface area contributed by atoms with Crippen LogP contribution in [0.3, 0.4) is 0 Å². The van der Waals surface area contributed by atoms with E-state index in [4.69, 9.17) is 4.74 Å². The molecule has 0 aliphatic carbocycles. The summed E-state index contributed by atoms with van der Waals surface area (Å²) >= 11 is 0. The number of aromatic hydroxyl groups is 1. The van der Waals surface area contributed by atoms with Crippen LogP contribution in [0.15, 0.2) is 54.6 Å². The fraction of sp³-hybridized carbons (Fsp3) is 0.188. The van der Waals surface area contributed by atoms with Gasteiger partial charge in [-0.05, 0) is 23.3 Å². The highest BCUT2D eigenvalue weighted by atomic mass is 16.6. The van der Waals surface area contributed by atoms with E-state index in [-0.39, 0.29) is 18.8 Å². The van der Waals surface area contributed by atoms with Gasteiger partial charge in [0.2, 0.25) is 0 Å². The summed E-state index contributed by atoms with van der Waals surface area (Å²) in [5.74, 6) is -0.810. The van der Waals surface area contributed by atoms with Crippen LogP contribution < -0.4 is 0 Å². The lowest BCUT2D eigenvalue weighted by atomic mass is 10.1. The summed E-state index contributed by atoms with van der Waals surface area (Å²) in [6.07, 6.45) is -0.0824. The molecular weight excluding hydrogens is 286 g/mol. The van der Waals surface area contributed by atoms with Crippen LogP contribution >= 0.6 is 0 Å². The number of benzene rings is 2. The van der Waals surface area contributed by atoms with Crippen LogP contribution in [-0.2, 0) is 22.6 Å². The number of phenols is 1. The summed E-state index contributed by atoms with van der Waals surface area (Å²) in [5.41, 5.74) is 1.35. The molecule has 0 bridgehead atoms. The van der Waals surface area contributed by atoms with E-state index in [9.17, 15) is 20.0 Å². The third kappa shape index (κ3) is 4.31. The van der Waals surface area contributed by atoms with Gasteiger partial charge in [0.05, 0.1) is 6.42 Å². The van der Waals surface area contributed by atoms with Crippen molar-refractivity contribution >= 4 is 5.97 Å². The molecule has 2 aromatic rings. The van der Waals surface area contributed by atoms with Gasteiger partial charge in [0.1, 0.15) is 12.4 Å². The third-order valence-electron chi connectivity index (χ3n) is 3.12. The zero-order chi connectivity index (χ0) is 15.9. The second kappa shape index (κ2) is 7.21. The van der Waals surface area contributed by atoms with Crippen molar-refractivity contribution in [1.29, 1.82) is 0 Å². The number of nitro groups is 1. The van der Waals surface area contributed by atoms with E-state index in [0.29, 0.717) is 5.56 Å². The topological polar surface area (TPSA) is 89.7 Å². The number of carbonyl (C=O) groups is 1. The lowest BCUT2D eigenvalue weighted by molar-refractivity contribution is -0.510. The van der Waals surface area contributed by atoms with Crippen LogP contribution in [0, 0.1) is 10.1 Å². The van der Waals surface area contributed by atoms with Gasteiger partial charge in [0.25, 0.3) is 0 Å². The molecule has 0 aromatic heterocycles. The monoisotopic (exact) mass is 301 g/mol. The maximum atomic E-state index is 11.9. The molecule has 22 heavy (non-hydrogen) atoms. The molecule has 0 fully saturated rings. The van der Waals surface area contributed by atoms with E-state index in [2.05, 4.69) is 0 Å². The van der Waals surface area contributed by atoms with E-state index in [1.165, 1.54) is 24.3 Å². The van der Waals surface area contributed by atoms with Crippen LogP contribution in [0.25, 0.3) is 0 Å². The fourth-order valence-corrected chi connectivity index (χ4v) is 1.92. The molecule has 6 nitrogen and oxygen atoms in total. The average molecular weight is 301 g/mol. The van der Waals surface area contributed by atoms with Crippen molar-refractivity contribution in [3.8, 4) is 5.75 Å². The Balaban J connectivity index is 1.99. The van der Waals surface area contributed by atoms with E-state index in [0.717, 1.165) is 5.56 Å². The number of phenolic OH excluding ortho intramolecular Hbond substituents is 1. The first-order valence-corrected chi connectivity index (χ1v) is 6.68. The van der Waals surface area contributed by atoms with Crippen molar-refractivity contribution in [3.63, 3.8) is 0 Å². The lowest BCUT2D eigenvalue weighted by Crippen LogP contribution is -2.33. The molecule has 0 aliphatic rings. The highest BCUT2D eigenvalue weighted by molar-refractivity contribution is 5.74. The molecule has 0 heterocycles. The largest absolute Gasteiger partial charge is 0.508 e. The molecule has 114 valence electrons. The average Bonchev–Trinajstić information content (AvgIpc) is 2.52. The van der Waals surface area contributed by atoms with Crippen LogP contribution in [0.4, 0.5) is 0 Å². The van der Waals surface area contributed by atoms with E-state index in [1.54, 1.807) is 24.3 Å². The summed E-state index contributed by atoms with van der Waals surface area (Å²) in [6.45, 7) is -0.000406. The molecule has 0 saturated heterocycles. The van der Waals surface area contributed by atoms with Crippen molar-refractivity contribution in [2.75, 3.05) is 0 Å². The predicted molar refractivity (Wildman–Crippen MR) is 78.8 cm³/mol. The van der Waals surface area contributed by atoms with Gasteiger partial charge in [-0.25, -0.2) is 4.79 Å². The van der Waals surface area contributed by atoms with Gasteiger partial charge in [-0.1, -0.05) is 42.5 Å². The molecule has 0 amide bonds. The fourth-order valence-electron chi connectivity index (χ4n) is 1.92. The quantitative estimate of drug-likeness (QED) is 0.502. The van der Waals surface area contributed by atoms with Crippen molar-refractivity contribution in [1.82, 2.24) is 0 Å². The number of rotatable bonds is 6. The van der Waals surface area contributed by atoms with E-state index in [1.807, 2.05) is 6.07 Å². The molecule has 1 N–H and O–H groups in total. The number of hydrogen-bond acceptors (Lipinski definition) is 5. The third-order valence-corrected chi connectivity index (χ3v) is 3.12. The Kier molecular flexibility index (Phi) is 5.08. The molecule has 2 aromatic carbocycles. The zero-order valence-electron chi connectivity index (χ0n) is 11.7. The molecule has 6 heteroatoms. The summed E-state index contributed by atoms with van der Waals surface area (Å²) in [4.78, 5) is 22.3. The number of carbonyl (C=O) groups excluding carboxylic acids is 1. The predicted octanol–water partition coefficient (Wildman–Crippen LogP) is 2.32. The van der Waals surface area contributed by atoms with Crippen LogP contribution in [0.5, 0.6) is 5.75 Å². The molecule has 2 rings (SSSR count). The van der Waals surface area contributed by atoms with E-state index < -0.39 is 16.9 Å². The van der Waals surface area contributed by atoms with Gasteiger partial charge in [0.15, 0.2) is 0 Å². The Morgan fingerprint density at radius 3 is 2.32 bits per heavy atom. The van der Waals surface area contributed by atoms with Gasteiger partial charge >= 0.3 is 12.0 Å². The zero-order valence-corrected chi connectivity index (χ0v) is 11.7. The van der Waals surface area contributed by atoms with Gasteiger partial charge in [0, 0.05) is 4.92 Å². The number of hydrogen-bond donors (Lipinski definition) is 1. The molecule has 0 spiro atoms. The van der Waals surface area contributed by atoms with Gasteiger partial charge in [-0.3, -0.25) is 10.1 Å². The Labute approximate surface area is 127 Å². The summed E-state index contributed by atoms with van der Waals surface area (Å²) in [5, 5.41) is 20.3. The number of esters is 1. The molecule has 1 unspecified atom stereocenters. The normalized spacial score (nSPS) is 11.6. The Bertz CT molecular complexity index is 639. The second-order valence-electron chi connectivity index (χ2n) is 4.77. The molecule has 1 atom stereocenters. The van der Waals surface area contributed by atoms with Gasteiger partial charge < -0.3 is 9.84 Å². The van der Waals surface area contributed by atoms with E-state index >= 15 is 0 Å². The number of ether oxygens (including phenoxy) is 1. The van der Waals surface area contributed by atoms with Gasteiger partial charge in [-0.2, -0.15) is 0 Å². The first kappa shape index (κ1) is 15.5. The smallest absolute Gasteiger partial charge is 0.382 e. The number of nitrogens with zero attached hydrogens (tertiary/aromatic N) is 1. The minimum Gasteiger partial charge on any atom is -0.508 e. The highest BCUT2D eigenvalue weighted by Gasteiger charge is 2.31. The maximum Gasteiger partial charge on any atom is 0.382 e. The van der Waals surface area contributed by atoms with Crippen molar-refractivity contribution < 1.29 is 19.6 Å². The molecule has 0 radical (unpaired) electrons. The van der Waals surface area contributed by atoms with Crippen LogP contribution in [0.2, 0.25) is 0 Å². The standard InChI is InChI=1S/C16H15NO5/c18-14-8-6-12(7-9-14)10-15(17(20)21)16(19)22-11-13-4-2-1-3-5-13/h1-9,15,18H,10-11H2. The van der Waals surface area contributed by atoms with Crippen molar-refractivity contribution in [2.45, 2.75) is 19.1 Å². The highest BCUT2D eigenvalue weighted by Crippen LogP contribution is 2.13. The van der Waals surface area contributed by atoms with Crippen LogP contribution in [0.1, 0.15) is 11.1 Å². The minimum absolute atomic E-state index is 0.000406. The first-order valence-electron chi connectivity index (χ1n) is 6.68. The van der Waals surface area contributed by atoms with Gasteiger partial charge in [-0.15, -0.1) is 0 Å². The maximum absolute atomic E-state index is 11.9. The summed E-state index contributed by atoms with van der Waals surface area (Å²) in [7, 11) is 0. The van der Waals surface area contributed by atoms with Crippen LogP contribution in [-0.4, -0.2) is 22.0 Å².